The number of hydrogen-bond donors (Lipinski definition) is 3. The molecule has 0 radical (unpaired) electrons. The monoisotopic (exact) mass is 477 g/mol. The molecule has 0 bridgehead atoms. The first-order valence-electron chi connectivity index (χ1n) is 10.4. The molecule has 3 N–H and O–H groups in total. The summed E-state index contributed by atoms with van der Waals surface area (Å²) in [6.07, 6.45) is 5.04. The van der Waals surface area contributed by atoms with Crippen molar-refractivity contribution in [3.05, 3.63) is 40.9 Å². The Labute approximate surface area is 191 Å². The first-order valence-corrected chi connectivity index (χ1v) is 12.4. The quantitative estimate of drug-likeness (QED) is 0.444. The minimum Gasteiger partial charge on any atom is -0.507 e. The number of anilines is 2. The molecule has 0 amide bonds. The van der Waals surface area contributed by atoms with Gasteiger partial charge >= 0.3 is 0 Å². The molecule has 0 atom stereocenters. The number of nitrogens with zero attached hydrogens (tertiary/aromatic N) is 3. The van der Waals surface area contributed by atoms with E-state index in [0.29, 0.717) is 28.0 Å². The van der Waals surface area contributed by atoms with Gasteiger partial charge in [0.1, 0.15) is 22.1 Å². The van der Waals surface area contributed by atoms with E-state index in [9.17, 15) is 13.5 Å². The number of hydrogen-bond acceptors (Lipinski definition) is 8. The van der Waals surface area contributed by atoms with Crippen LogP contribution in [0.25, 0.3) is 0 Å². The maximum atomic E-state index is 13.0. The molecule has 0 aliphatic heterocycles. The van der Waals surface area contributed by atoms with Crippen LogP contribution in [0.15, 0.2) is 35.2 Å². The van der Waals surface area contributed by atoms with Crippen molar-refractivity contribution in [2.75, 3.05) is 11.1 Å². The highest BCUT2D eigenvalue weighted by Gasteiger charge is 2.26. The smallest absolute Gasteiger partial charge is 0.267 e. The first-order chi connectivity index (χ1) is 15.3. The lowest BCUT2D eigenvalue weighted by atomic mass is 9.91. The van der Waals surface area contributed by atoms with Crippen molar-refractivity contribution in [1.82, 2.24) is 20.6 Å². The van der Waals surface area contributed by atoms with Gasteiger partial charge in [0.2, 0.25) is 0 Å². The third-order valence-corrected chi connectivity index (χ3v) is 7.69. The van der Waals surface area contributed by atoms with Crippen molar-refractivity contribution in [2.24, 2.45) is 5.92 Å². The fraction of sp³-hybridized carbons (Fsp3) is 0.381. The van der Waals surface area contributed by atoms with Crippen molar-refractivity contribution in [3.63, 3.8) is 0 Å². The number of aromatic hydroxyl groups is 1. The van der Waals surface area contributed by atoms with Gasteiger partial charge in [-0.25, -0.2) is 8.42 Å². The summed E-state index contributed by atoms with van der Waals surface area (Å²) < 4.78 is 31.9. The summed E-state index contributed by atoms with van der Waals surface area (Å²) in [5.41, 5.74) is 1.35. The molecule has 0 spiro atoms. The zero-order valence-corrected chi connectivity index (χ0v) is 19.1. The molecule has 1 fully saturated rings. The second kappa shape index (κ2) is 9.33. The van der Waals surface area contributed by atoms with E-state index < -0.39 is 9.84 Å². The summed E-state index contributed by atoms with van der Waals surface area (Å²) in [4.78, 5) is -0.121. The van der Waals surface area contributed by atoms with Gasteiger partial charge in [0, 0.05) is 11.8 Å². The average molecular weight is 478 g/mol. The number of aryl methyl sites for hydroxylation is 1. The molecule has 1 aliphatic rings. The lowest BCUT2D eigenvalue weighted by Gasteiger charge is -2.21. The Bertz CT molecular complexity index is 1170. The number of H-pyrrole nitrogens is 1. The fourth-order valence-corrected chi connectivity index (χ4v) is 6.08. The molecular weight excluding hydrogens is 454 g/mol. The molecule has 170 valence electrons. The highest BCUT2D eigenvalue weighted by Crippen LogP contribution is 2.38. The van der Waals surface area contributed by atoms with Crippen LogP contribution in [0.5, 0.6) is 17.2 Å². The van der Waals surface area contributed by atoms with E-state index >= 15 is 0 Å². The van der Waals surface area contributed by atoms with Gasteiger partial charge < -0.3 is 15.2 Å². The maximum absolute atomic E-state index is 13.0. The van der Waals surface area contributed by atoms with Gasteiger partial charge in [-0.1, -0.05) is 36.0 Å². The molecule has 4 rings (SSSR count). The van der Waals surface area contributed by atoms with Gasteiger partial charge in [-0.2, -0.15) is 5.21 Å². The molecule has 9 nitrogen and oxygen atoms in total. The number of rotatable bonds is 7. The Morgan fingerprint density at radius 3 is 2.69 bits per heavy atom. The standard InChI is InChI=1S/C21H24ClN5O4S/c1-13-9-15(23-21-24-26-27-25-21)10-17(22)20(13)31-16-7-8-18(28)19(11-16)32(29,30)12-14-5-3-2-4-6-14/h7-11,14,28H,2-6,12H2,1H3,(H2,23,24,25,26,27). The van der Waals surface area contributed by atoms with Crippen molar-refractivity contribution in [2.45, 2.75) is 43.9 Å². The van der Waals surface area contributed by atoms with Gasteiger partial charge in [0.15, 0.2) is 9.84 Å². The molecule has 11 heteroatoms. The van der Waals surface area contributed by atoms with Gasteiger partial charge in [0.05, 0.1) is 10.8 Å². The Morgan fingerprint density at radius 2 is 2.00 bits per heavy atom. The molecular formula is C21H24ClN5O4S. The molecule has 1 aliphatic carbocycles. The topological polar surface area (TPSA) is 130 Å². The number of tetrazole rings is 1. The molecule has 32 heavy (non-hydrogen) atoms. The number of aromatic amines is 1. The van der Waals surface area contributed by atoms with Gasteiger partial charge in [-0.3, -0.25) is 0 Å². The molecule has 0 saturated heterocycles. The molecule has 2 aromatic carbocycles. The van der Waals surface area contributed by atoms with Crippen molar-refractivity contribution in [3.8, 4) is 17.2 Å². The highest BCUT2D eigenvalue weighted by molar-refractivity contribution is 7.91. The summed E-state index contributed by atoms with van der Waals surface area (Å²) in [7, 11) is -3.66. The zero-order chi connectivity index (χ0) is 22.7. The summed E-state index contributed by atoms with van der Waals surface area (Å²) in [6.45, 7) is 1.81. The molecule has 3 aromatic rings. The molecule has 0 unspecified atom stereocenters. The minimum absolute atomic E-state index is 0.0280. The van der Waals surface area contributed by atoms with Gasteiger partial charge in [-0.05, 0) is 60.7 Å². The normalized spacial score (nSPS) is 14.9. The van der Waals surface area contributed by atoms with Gasteiger partial charge in [0.25, 0.3) is 5.95 Å². The molecule has 1 saturated carbocycles. The second-order valence-electron chi connectivity index (χ2n) is 7.98. The van der Waals surface area contributed by atoms with Crippen molar-refractivity contribution in [1.29, 1.82) is 0 Å². The number of phenols is 1. The van der Waals surface area contributed by atoms with E-state index in [1.807, 2.05) is 6.92 Å². The summed E-state index contributed by atoms with van der Waals surface area (Å²) in [5.74, 6) is 0.811. The Hall–Kier alpha value is -2.85. The van der Waals surface area contributed by atoms with Crippen LogP contribution in [0, 0.1) is 12.8 Å². The van der Waals surface area contributed by atoms with E-state index in [4.69, 9.17) is 16.3 Å². The lowest BCUT2D eigenvalue weighted by molar-refractivity contribution is 0.384. The number of sulfone groups is 1. The van der Waals surface area contributed by atoms with E-state index in [2.05, 4.69) is 25.9 Å². The van der Waals surface area contributed by atoms with Crippen molar-refractivity contribution >= 4 is 33.1 Å². The van der Waals surface area contributed by atoms with Gasteiger partial charge in [-0.15, -0.1) is 5.10 Å². The SMILES string of the molecule is Cc1cc(Nc2nn[nH]n2)cc(Cl)c1Oc1ccc(O)c(S(=O)(=O)CC2CCCCC2)c1. The van der Waals surface area contributed by atoms with Crippen LogP contribution in [0.3, 0.4) is 0 Å². The summed E-state index contributed by atoms with van der Waals surface area (Å²) in [6, 6.07) is 7.63. The maximum Gasteiger partial charge on any atom is 0.267 e. The first kappa shape index (κ1) is 22.3. The third kappa shape index (κ3) is 5.13. The molecule has 1 aromatic heterocycles. The average Bonchev–Trinajstić information content (AvgIpc) is 3.25. The summed E-state index contributed by atoms with van der Waals surface area (Å²) >= 11 is 6.42. The Balaban J connectivity index is 1.56. The van der Waals surface area contributed by atoms with Crippen molar-refractivity contribution < 1.29 is 18.3 Å². The highest BCUT2D eigenvalue weighted by atomic mass is 35.5. The van der Waals surface area contributed by atoms with Crippen LogP contribution in [-0.2, 0) is 9.84 Å². The number of nitrogens with one attached hydrogen (secondary N) is 2. The van der Waals surface area contributed by atoms with Crippen LogP contribution >= 0.6 is 11.6 Å². The van der Waals surface area contributed by atoms with E-state index in [1.165, 1.54) is 18.2 Å². The predicted octanol–water partition coefficient (Wildman–Crippen LogP) is 4.76. The Kier molecular flexibility index (Phi) is 6.52. The predicted molar refractivity (Wildman–Crippen MR) is 120 cm³/mol. The lowest BCUT2D eigenvalue weighted by Crippen LogP contribution is -2.19. The van der Waals surface area contributed by atoms with Crippen LogP contribution in [-0.4, -0.2) is 39.9 Å². The number of phenolic OH excluding ortho intramolecular Hbond substituents is 1. The van der Waals surface area contributed by atoms with E-state index in [0.717, 1.165) is 32.1 Å². The number of benzene rings is 2. The van der Waals surface area contributed by atoms with Crippen LogP contribution in [0.4, 0.5) is 11.6 Å². The molecule has 1 heterocycles. The number of aromatic nitrogens is 4. The Morgan fingerprint density at radius 1 is 1.22 bits per heavy atom. The number of halogens is 1. The fourth-order valence-electron chi connectivity index (χ4n) is 3.95. The van der Waals surface area contributed by atoms with E-state index in [-0.39, 0.29) is 28.1 Å². The second-order valence-corrected chi connectivity index (χ2v) is 10.4. The number of ether oxygens (including phenoxy) is 1. The van der Waals surface area contributed by atoms with E-state index in [1.54, 1.807) is 12.1 Å². The minimum atomic E-state index is -3.66. The van der Waals surface area contributed by atoms with Crippen LogP contribution in [0.1, 0.15) is 37.7 Å². The third-order valence-electron chi connectivity index (χ3n) is 5.50. The van der Waals surface area contributed by atoms with Crippen LogP contribution in [0.2, 0.25) is 5.02 Å². The van der Waals surface area contributed by atoms with Crippen LogP contribution < -0.4 is 10.1 Å². The zero-order valence-electron chi connectivity index (χ0n) is 17.5. The largest absolute Gasteiger partial charge is 0.507 e. The summed E-state index contributed by atoms with van der Waals surface area (Å²) in [5, 5.41) is 27.0.